The highest BCUT2D eigenvalue weighted by Gasteiger charge is 2.33. The second kappa shape index (κ2) is 8.00. The number of nitrogens with one attached hydrogen (secondary N) is 1. The van der Waals surface area contributed by atoms with Gasteiger partial charge in [0.25, 0.3) is 0 Å². The summed E-state index contributed by atoms with van der Waals surface area (Å²) in [4.78, 5) is 12.4. The van der Waals surface area contributed by atoms with Crippen LogP contribution in [-0.4, -0.2) is 27.1 Å². The molecule has 0 fully saturated rings. The second-order valence-electron chi connectivity index (χ2n) is 6.30. The maximum Gasteiger partial charge on any atom is 0.416 e. The van der Waals surface area contributed by atoms with E-state index < -0.39 is 39.9 Å². The van der Waals surface area contributed by atoms with E-state index in [2.05, 4.69) is 5.32 Å². The molecular formula is C18H18ClF3N2O3S. The van der Waals surface area contributed by atoms with Gasteiger partial charge in [0.2, 0.25) is 15.9 Å². The van der Waals surface area contributed by atoms with Crippen molar-refractivity contribution in [3.8, 4) is 0 Å². The summed E-state index contributed by atoms with van der Waals surface area (Å²) in [7, 11) is -4.09. The first-order valence-corrected chi connectivity index (χ1v) is 10.2. The third kappa shape index (κ3) is 5.39. The molecule has 1 amide bonds. The first-order valence-electron chi connectivity index (χ1n) is 8.00. The number of carbonyl (C=O) groups excluding carboxylic acids is 1. The molecule has 0 radical (unpaired) electrons. The van der Waals surface area contributed by atoms with Crippen molar-refractivity contribution in [2.75, 3.05) is 22.4 Å². The summed E-state index contributed by atoms with van der Waals surface area (Å²) in [5, 5.41) is 2.35. The Morgan fingerprint density at radius 1 is 1.14 bits per heavy atom. The van der Waals surface area contributed by atoms with Gasteiger partial charge in [-0.25, -0.2) is 8.42 Å². The van der Waals surface area contributed by atoms with Crippen LogP contribution in [0, 0.1) is 13.8 Å². The zero-order valence-electron chi connectivity index (χ0n) is 15.3. The summed E-state index contributed by atoms with van der Waals surface area (Å²) in [6, 6.07) is 7.62. The van der Waals surface area contributed by atoms with E-state index in [9.17, 15) is 26.4 Å². The van der Waals surface area contributed by atoms with Crippen molar-refractivity contribution < 1.29 is 26.4 Å². The van der Waals surface area contributed by atoms with Crippen molar-refractivity contribution >= 4 is 38.9 Å². The highest BCUT2D eigenvalue weighted by atomic mass is 35.5. The number of benzene rings is 2. The van der Waals surface area contributed by atoms with Crippen LogP contribution in [0.3, 0.4) is 0 Å². The molecule has 0 heterocycles. The SMILES string of the molecule is Cc1ccc(C)c(NC(=O)CN(c2cc(C(F)(F)F)ccc2Cl)S(C)(=O)=O)c1. The van der Waals surface area contributed by atoms with Crippen LogP contribution < -0.4 is 9.62 Å². The molecule has 0 saturated carbocycles. The lowest BCUT2D eigenvalue weighted by Gasteiger charge is -2.24. The molecule has 0 atom stereocenters. The zero-order chi connectivity index (χ0) is 21.3. The Kier molecular flexibility index (Phi) is 6.30. The van der Waals surface area contributed by atoms with E-state index in [4.69, 9.17) is 11.6 Å². The molecule has 0 aliphatic carbocycles. The van der Waals surface area contributed by atoms with Crippen molar-refractivity contribution in [3.63, 3.8) is 0 Å². The van der Waals surface area contributed by atoms with Crippen LogP contribution in [0.15, 0.2) is 36.4 Å². The normalized spacial score (nSPS) is 12.0. The number of alkyl halides is 3. The van der Waals surface area contributed by atoms with Crippen molar-refractivity contribution in [2.24, 2.45) is 0 Å². The predicted octanol–water partition coefficient (Wildman–Crippen LogP) is 4.38. The Morgan fingerprint density at radius 3 is 2.36 bits per heavy atom. The van der Waals surface area contributed by atoms with Gasteiger partial charge in [-0.1, -0.05) is 23.7 Å². The maximum atomic E-state index is 13.0. The number of rotatable bonds is 5. The highest BCUT2D eigenvalue weighted by molar-refractivity contribution is 7.92. The quantitative estimate of drug-likeness (QED) is 0.759. The average Bonchev–Trinajstić information content (AvgIpc) is 2.55. The molecule has 0 aromatic heterocycles. The molecule has 0 bridgehead atoms. The number of amides is 1. The van der Waals surface area contributed by atoms with Gasteiger partial charge >= 0.3 is 6.18 Å². The third-order valence-corrected chi connectivity index (χ3v) is 5.34. The molecule has 5 nitrogen and oxygen atoms in total. The second-order valence-corrected chi connectivity index (χ2v) is 8.61. The van der Waals surface area contributed by atoms with Gasteiger partial charge in [-0.05, 0) is 49.2 Å². The molecule has 0 saturated heterocycles. The maximum absolute atomic E-state index is 13.0. The first kappa shape index (κ1) is 22.0. The van der Waals surface area contributed by atoms with Gasteiger partial charge in [0.1, 0.15) is 6.54 Å². The standard InChI is InChI=1S/C18H18ClF3N2O3S/c1-11-4-5-12(2)15(8-11)23-17(25)10-24(28(3,26)27)16-9-13(18(20,21)22)6-7-14(16)19/h4-9H,10H2,1-3H3,(H,23,25). The molecule has 0 spiro atoms. The summed E-state index contributed by atoms with van der Waals surface area (Å²) in [6.07, 6.45) is -3.90. The van der Waals surface area contributed by atoms with Gasteiger partial charge in [-0.2, -0.15) is 13.2 Å². The van der Waals surface area contributed by atoms with Gasteiger partial charge in [0.15, 0.2) is 0 Å². The summed E-state index contributed by atoms with van der Waals surface area (Å²) >= 11 is 5.93. The molecule has 0 unspecified atom stereocenters. The Labute approximate surface area is 166 Å². The van der Waals surface area contributed by atoms with Crippen molar-refractivity contribution in [2.45, 2.75) is 20.0 Å². The molecule has 0 aliphatic rings. The van der Waals surface area contributed by atoms with E-state index >= 15 is 0 Å². The molecule has 2 rings (SSSR count). The smallest absolute Gasteiger partial charge is 0.324 e. The van der Waals surface area contributed by atoms with Crippen LogP contribution in [0.1, 0.15) is 16.7 Å². The average molecular weight is 435 g/mol. The summed E-state index contributed by atoms with van der Waals surface area (Å²) in [5.74, 6) is -0.715. The Hall–Kier alpha value is -2.26. The molecule has 2 aromatic carbocycles. The highest BCUT2D eigenvalue weighted by Crippen LogP contribution is 2.36. The fourth-order valence-corrected chi connectivity index (χ4v) is 3.58. The van der Waals surface area contributed by atoms with Gasteiger partial charge in [0, 0.05) is 5.69 Å². The lowest BCUT2D eigenvalue weighted by atomic mass is 10.1. The van der Waals surface area contributed by atoms with E-state index in [1.807, 2.05) is 13.0 Å². The molecular weight excluding hydrogens is 417 g/mol. The van der Waals surface area contributed by atoms with Gasteiger partial charge in [0.05, 0.1) is 22.5 Å². The summed E-state index contributed by atoms with van der Waals surface area (Å²) in [6.45, 7) is 2.85. The minimum absolute atomic E-state index is 0.224. The van der Waals surface area contributed by atoms with Crippen LogP contribution in [0.2, 0.25) is 5.02 Å². The number of anilines is 2. The molecule has 152 valence electrons. The number of hydrogen-bond acceptors (Lipinski definition) is 3. The fourth-order valence-electron chi connectivity index (χ4n) is 2.45. The number of aryl methyl sites for hydroxylation is 2. The van der Waals surface area contributed by atoms with E-state index in [1.165, 1.54) is 0 Å². The van der Waals surface area contributed by atoms with Crippen molar-refractivity contribution in [3.05, 3.63) is 58.1 Å². The van der Waals surface area contributed by atoms with E-state index in [0.29, 0.717) is 16.1 Å². The summed E-state index contributed by atoms with van der Waals surface area (Å²) < 4.78 is 63.9. The van der Waals surface area contributed by atoms with Gasteiger partial charge < -0.3 is 5.32 Å². The Bertz CT molecular complexity index is 1010. The molecule has 28 heavy (non-hydrogen) atoms. The minimum Gasteiger partial charge on any atom is -0.324 e. The van der Waals surface area contributed by atoms with Crippen LogP contribution >= 0.6 is 11.6 Å². The zero-order valence-corrected chi connectivity index (χ0v) is 16.8. The monoisotopic (exact) mass is 434 g/mol. The molecule has 0 aliphatic heterocycles. The molecule has 10 heteroatoms. The Balaban J connectivity index is 2.38. The number of nitrogens with zero attached hydrogens (tertiary/aromatic N) is 1. The fraction of sp³-hybridized carbons (Fsp3) is 0.278. The van der Waals surface area contributed by atoms with E-state index in [-0.39, 0.29) is 5.02 Å². The number of carbonyl (C=O) groups is 1. The number of sulfonamides is 1. The largest absolute Gasteiger partial charge is 0.416 e. The van der Waals surface area contributed by atoms with Crippen LogP contribution in [0.5, 0.6) is 0 Å². The van der Waals surface area contributed by atoms with Crippen LogP contribution in [0.25, 0.3) is 0 Å². The topological polar surface area (TPSA) is 66.5 Å². The summed E-state index contributed by atoms with van der Waals surface area (Å²) in [5.41, 5.74) is 0.614. The van der Waals surface area contributed by atoms with E-state index in [1.54, 1.807) is 19.1 Å². The van der Waals surface area contributed by atoms with Crippen molar-refractivity contribution in [1.82, 2.24) is 0 Å². The minimum atomic E-state index is -4.69. The van der Waals surface area contributed by atoms with E-state index in [0.717, 1.165) is 29.5 Å². The van der Waals surface area contributed by atoms with Crippen molar-refractivity contribution in [1.29, 1.82) is 0 Å². The first-order chi connectivity index (χ1) is 12.8. The number of halogens is 4. The van der Waals surface area contributed by atoms with Crippen LogP contribution in [0.4, 0.5) is 24.5 Å². The molecule has 2 aromatic rings. The van der Waals surface area contributed by atoms with Gasteiger partial charge in [-0.3, -0.25) is 9.10 Å². The van der Waals surface area contributed by atoms with Gasteiger partial charge in [-0.15, -0.1) is 0 Å². The lowest BCUT2D eigenvalue weighted by molar-refractivity contribution is -0.137. The lowest BCUT2D eigenvalue weighted by Crippen LogP contribution is -2.37. The predicted molar refractivity (Wildman–Crippen MR) is 103 cm³/mol. The molecule has 1 N–H and O–H groups in total. The number of hydrogen-bond donors (Lipinski definition) is 1. The Morgan fingerprint density at radius 2 is 1.79 bits per heavy atom. The van der Waals surface area contributed by atoms with Crippen LogP contribution in [-0.2, 0) is 21.0 Å². The third-order valence-electron chi connectivity index (χ3n) is 3.90.